The summed E-state index contributed by atoms with van der Waals surface area (Å²) in [5.74, 6) is -2.39. The van der Waals surface area contributed by atoms with Crippen LogP contribution >= 0.6 is 23.2 Å². The molecule has 82 valence electrons. The predicted molar refractivity (Wildman–Crippen MR) is 54.8 cm³/mol. The average Bonchev–Trinajstić information content (AvgIpc) is 2.10. The molecule has 0 radical (unpaired) electrons. The highest BCUT2D eigenvalue weighted by Crippen LogP contribution is 2.40. The second-order valence-corrected chi connectivity index (χ2v) is 4.27. The summed E-state index contributed by atoms with van der Waals surface area (Å²) in [6, 6.07) is 0. The lowest BCUT2D eigenvalue weighted by molar-refractivity contribution is -0.145. The van der Waals surface area contributed by atoms with Crippen molar-refractivity contribution >= 4 is 35.1 Å². The van der Waals surface area contributed by atoms with Gasteiger partial charge in [0.05, 0.1) is 21.1 Å². The topological polar surface area (TPSA) is 74.6 Å². The van der Waals surface area contributed by atoms with E-state index in [1.807, 2.05) is 0 Å². The molecular weight excluding hydrogens is 243 g/mol. The van der Waals surface area contributed by atoms with E-state index in [9.17, 15) is 9.59 Å². The van der Waals surface area contributed by atoms with Crippen molar-refractivity contribution < 1.29 is 19.8 Å². The highest BCUT2D eigenvalue weighted by molar-refractivity contribution is 6.45. The average molecular weight is 251 g/mol. The molecule has 0 bridgehead atoms. The summed E-state index contributed by atoms with van der Waals surface area (Å²) in [7, 11) is 0. The van der Waals surface area contributed by atoms with E-state index in [-0.39, 0.29) is 22.1 Å². The Bertz CT molecular complexity index is 397. The highest BCUT2D eigenvalue weighted by Gasteiger charge is 2.38. The smallest absolute Gasteiger partial charge is 0.333 e. The molecule has 0 amide bonds. The first kappa shape index (κ1) is 12.1. The lowest BCUT2D eigenvalue weighted by Crippen LogP contribution is -2.30. The fourth-order valence-electron chi connectivity index (χ4n) is 1.29. The van der Waals surface area contributed by atoms with Crippen molar-refractivity contribution in [2.24, 2.45) is 5.41 Å². The molecular formula is C9H8Cl2O4. The van der Waals surface area contributed by atoms with Crippen molar-refractivity contribution in [2.75, 3.05) is 0 Å². The minimum absolute atomic E-state index is 0.0368. The molecule has 1 aliphatic carbocycles. The number of aliphatic carboxylic acids is 2. The first-order chi connectivity index (χ1) is 6.78. The SMILES string of the molecule is CC1(C(=O)O)C=C(Cl)C(Cl)=C(C(=O)O)C1. The maximum atomic E-state index is 10.9. The summed E-state index contributed by atoms with van der Waals surface area (Å²) in [4.78, 5) is 21.7. The Morgan fingerprint density at radius 1 is 1.40 bits per heavy atom. The van der Waals surface area contributed by atoms with E-state index in [0.717, 1.165) is 0 Å². The van der Waals surface area contributed by atoms with Gasteiger partial charge in [-0.1, -0.05) is 23.2 Å². The van der Waals surface area contributed by atoms with Crippen LogP contribution in [-0.2, 0) is 9.59 Å². The van der Waals surface area contributed by atoms with Crippen molar-refractivity contribution in [3.8, 4) is 0 Å². The number of carbonyl (C=O) groups is 2. The van der Waals surface area contributed by atoms with Gasteiger partial charge in [-0.25, -0.2) is 4.79 Å². The van der Waals surface area contributed by atoms with Gasteiger partial charge in [-0.15, -0.1) is 0 Å². The lowest BCUT2D eigenvalue weighted by Gasteiger charge is -2.26. The van der Waals surface area contributed by atoms with Crippen LogP contribution in [0.2, 0.25) is 0 Å². The van der Waals surface area contributed by atoms with Gasteiger partial charge in [0.2, 0.25) is 0 Å². The molecule has 0 aromatic rings. The van der Waals surface area contributed by atoms with E-state index in [0.29, 0.717) is 0 Å². The van der Waals surface area contributed by atoms with Gasteiger partial charge in [0.1, 0.15) is 0 Å². The molecule has 0 fully saturated rings. The Morgan fingerprint density at radius 3 is 2.33 bits per heavy atom. The third-order valence-corrected chi connectivity index (χ3v) is 3.04. The van der Waals surface area contributed by atoms with E-state index in [1.165, 1.54) is 13.0 Å². The van der Waals surface area contributed by atoms with Crippen LogP contribution in [0.5, 0.6) is 0 Å². The van der Waals surface area contributed by atoms with Gasteiger partial charge < -0.3 is 10.2 Å². The molecule has 1 atom stereocenters. The Labute approximate surface area is 95.8 Å². The van der Waals surface area contributed by atoms with Crippen LogP contribution < -0.4 is 0 Å². The Morgan fingerprint density at radius 2 is 1.93 bits per heavy atom. The van der Waals surface area contributed by atoms with Crippen LogP contribution in [0.25, 0.3) is 0 Å². The fraction of sp³-hybridized carbons (Fsp3) is 0.333. The molecule has 6 heteroatoms. The molecule has 1 aliphatic rings. The summed E-state index contributed by atoms with van der Waals surface area (Å²) in [5, 5.41) is 17.6. The number of halogens is 2. The number of allylic oxidation sites excluding steroid dienone is 2. The minimum Gasteiger partial charge on any atom is -0.481 e. The van der Waals surface area contributed by atoms with Gasteiger partial charge in [0.25, 0.3) is 0 Å². The quantitative estimate of drug-likeness (QED) is 0.788. The van der Waals surface area contributed by atoms with Crippen molar-refractivity contribution in [3.05, 3.63) is 21.7 Å². The third kappa shape index (κ3) is 2.16. The zero-order valence-corrected chi connectivity index (χ0v) is 9.26. The molecule has 0 heterocycles. The second kappa shape index (κ2) is 3.87. The molecule has 15 heavy (non-hydrogen) atoms. The van der Waals surface area contributed by atoms with E-state index >= 15 is 0 Å². The Balaban J connectivity index is 3.23. The molecule has 1 unspecified atom stereocenters. The third-order valence-electron chi connectivity index (χ3n) is 2.21. The number of carboxylic acids is 2. The van der Waals surface area contributed by atoms with Gasteiger partial charge in [-0.2, -0.15) is 0 Å². The van der Waals surface area contributed by atoms with Crippen molar-refractivity contribution in [3.63, 3.8) is 0 Å². The lowest BCUT2D eigenvalue weighted by atomic mass is 9.80. The van der Waals surface area contributed by atoms with Crippen LogP contribution in [-0.4, -0.2) is 22.2 Å². The van der Waals surface area contributed by atoms with E-state index in [2.05, 4.69) is 0 Å². The molecule has 0 spiro atoms. The standard InChI is InChI=1S/C9H8Cl2O4/c1-9(8(14)15)2-4(7(12)13)6(11)5(10)3-9/h3H,2H2,1H3,(H,12,13)(H,14,15). The maximum Gasteiger partial charge on any atom is 0.333 e. The molecule has 4 nitrogen and oxygen atoms in total. The maximum absolute atomic E-state index is 10.9. The molecule has 0 aromatic heterocycles. The summed E-state index contributed by atoms with van der Waals surface area (Å²) in [6.45, 7) is 1.39. The van der Waals surface area contributed by atoms with E-state index < -0.39 is 17.4 Å². The van der Waals surface area contributed by atoms with Crippen LogP contribution in [0, 0.1) is 5.41 Å². The van der Waals surface area contributed by atoms with Gasteiger partial charge in [0, 0.05) is 6.42 Å². The van der Waals surface area contributed by atoms with Gasteiger partial charge in [-0.05, 0) is 13.0 Å². The molecule has 0 aromatic carbocycles. The first-order valence-corrected chi connectivity index (χ1v) is 4.77. The van der Waals surface area contributed by atoms with Crippen molar-refractivity contribution in [1.82, 2.24) is 0 Å². The zero-order chi connectivity index (χ0) is 11.8. The first-order valence-electron chi connectivity index (χ1n) is 4.02. The zero-order valence-electron chi connectivity index (χ0n) is 7.75. The summed E-state index contributed by atoms with van der Waals surface area (Å²) in [5.41, 5.74) is -1.49. The largest absolute Gasteiger partial charge is 0.481 e. The van der Waals surface area contributed by atoms with Crippen LogP contribution in [0.3, 0.4) is 0 Å². The Kier molecular flexibility index (Phi) is 3.11. The Hall–Kier alpha value is -1.00. The monoisotopic (exact) mass is 250 g/mol. The summed E-state index contributed by atoms with van der Waals surface area (Å²) < 4.78 is 0. The summed E-state index contributed by atoms with van der Waals surface area (Å²) in [6.07, 6.45) is 1.08. The highest BCUT2D eigenvalue weighted by atomic mass is 35.5. The van der Waals surface area contributed by atoms with Crippen molar-refractivity contribution in [1.29, 1.82) is 0 Å². The number of hydrogen-bond acceptors (Lipinski definition) is 2. The van der Waals surface area contributed by atoms with Gasteiger partial charge in [0.15, 0.2) is 0 Å². The second-order valence-electron chi connectivity index (χ2n) is 3.49. The summed E-state index contributed by atoms with van der Waals surface area (Å²) >= 11 is 11.3. The fourth-order valence-corrected chi connectivity index (χ4v) is 1.85. The van der Waals surface area contributed by atoms with E-state index in [4.69, 9.17) is 33.4 Å². The van der Waals surface area contributed by atoms with Gasteiger partial charge >= 0.3 is 11.9 Å². The normalized spacial score (nSPS) is 26.2. The number of rotatable bonds is 2. The van der Waals surface area contributed by atoms with Crippen LogP contribution in [0.15, 0.2) is 21.7 Å². The molecule has 2 N–H and O–H groups in total. The van der Waals surface area contributed by atoms with Gasteiger partial charge in [-0.3, -0.25) is 4.79 Å². The van der Waals surface area contributed by atoms with Crippen LogP contribution in [0.1, 0.15) is 13.3 Å². The predicted octanol–water partition coefficient (Wildman–Crippen LogP) is 2.18. The number of hydrogen-bond donors (Lipinski definition) is 2. The molecule has 0 saturated heterocycles. The minimum atomic E-state index is -1.32. The number of carboxylic acid groups (broad SMARTS) is 2. The van der Waals surface area contributed by atoms with Crippen LogP contribution in [0.4, 0.5) is 0 Å². The molecule has 0 aliphatic heterocycles. The van der Waals surface area contributed by atoms with E-state index in [1.54, 1.807) is 0 Å². The molecule has 0 saturated carbocycles. The molecule has 1 rings (SSSR count). The van der Waals surface area contributed by atoms with Crippen molar-refractivity contribution in [2.45, 2.75) is 13.3 Å².